The molecule has 0 unspecified atom stereocenters. The maximum atomic E-state index is 12.9. The Hall–Kier alpha value is -3.24. The molecule has 0 aliphatic heterocycles. The van der Waals surface area contributed by atoms with Crippen LogP contribution in [0.3, 0.4) is 0 Å². The molecule has 0 saturated heterocycles. The molecule has 0 radical (unpaired) electrons. The number of hydrogen-bond acceptors (Lipinski definition) is 6. The van der Waals surface area contributed by atoms with Gasteiger partial charge in [-0.3, -0.25) is 9.59 Å². The first-order valence-corrected chi connectivity index (χ1v) is 15.3. The van der Waals surface area contributed by atoms with Gasteiger partial charge in [-0.1, -0.05) is 55.5 Å². The second-order valence-corrected chi connectivity index (χ2v) is 12.1. The molecule has 39 heavy (non-hydrogen) atoms. The van der Waals surface area contributed by atoms with Crippen LogP contribution < -0.4 is 10.0 Å². The lowest BCUT2D eigenvalue weighted by Crippen LogP contribution is -2.27. The van der Waals surface area contributed by atoms with Crippen LogP contribution in [-0.2, 0) is 20.6 Å². The molecule has 2 aromatic heterocycles. The molecule has 1 aliphatic carbocycles. The van der Waals surface area contributed by atoms with Gasteiger partial charge >= 0.3 is 5.97 Å². The molecular formula is C29H37N3O6S. The van der Waals surface area contributed by atoms with Gasteiger partial charge in [0, 0.05) is 25.6 Å². The van der Waals surface area contributed by atoms with Crippen LogP contribution in [0.4, 0.5) is 0 Å². The summed E-state index contributed by atoms with van der Waals surface area (Å²) >= 11 is 0. The first kappa shape index (κ1) is 28.8. The van der Waals surface area contributed by atoms with Crippen molar-refractivity contribution < 1.29 is 27.5 Å². The summed E-state index contributed by atoms with van der Waals surface area (Å²) < 4.78 is 34.7. The van der Waals surface area contributed by atoms with Crippen LogP contribution in [0.5, 0.6) is 0 Å². The first-order chi connectivity index (χ1) is 18.7. The van der Waals surface area contributed by atoms with E-state index in [4.69, 9.17) is 9.52 Å². The number of aromatic nitrogens is 1. The smallest absolute Gasteiger partial charge is 0.303 e. The number of nitrogens with zero attached hydrogens (tertiary/aromatic N) is 1. The third-order valence-corrected chi connectivity index (χ3v) is 8.34. The number of nitrogens with one attached hydrogen (secondary N) is 2. The van der Waals surface area contributed by atoms with Gasteiger partial charge in [-0.25, -0.2) is 18.1 Å². The number of aliphatic carboxylic acids is 1. The van der Waals surface area contributed by atoms with Crippen molar-refractivity contribution in [3.8, 4) is 11.3 Å². The third kappa shape index (κ3) is 7.67. The van der Waals surface area contributed by atoms with Crippen LogP contribution in [0.15, 0.2) is 34.7 Å². The Morgan fingerprint density at radius 1 is 1.05 bits per heavy atom. The van der Waals surface area contributed by atoms with Crippen LogP contribution in [-0.4, -0.2) is 44.0 Å². The molecule has 10 heteroatoms. The van der Waals surface area contributed by atoms with E-state index < -0.39 is 16.0 Å². The number of fused-ring (bicyclic) bond motifs is 1. The quantitative estimate of drug-likeness (QED) is 0.217. The van der Waals surface area contributed by atoms with Crippen molar-refractivity contribution in [2.24, 2.45) is 0 Å². The van der Waals surface area contributed by atoms with Gasteiger partial charge in [0.2, 0.25) is 15.7 Å². The number of hydrogen-bond donors (Lipinski definition) is 3. The minimum Gasteiger partial charge on any atom is -0.481 e. The van der Waals surface area contributed by atoms with Gasteiger partial charge in [0.15, 0.2) is 0 Å². The van der Waals surface area contributed by atoms with Crippen molar-refractivity contribution in [1.29, 1.82) is 0 Å². The maximum absolute atomic E-state index is 12.9. The number of carboxylic acid groups (broad SMARTS) is 1. The highest BCUT2D eigenvalue weighted by atomic mass is 32.2. The minimum atomic E-state index is -3.62. The number of amides is 1. The summed E-state index contributed by atoms with van der Waals surface area (Å²) in [5.74, 6) is -0.659. The SMILES string of the molecule is CNC(=O)c1c(-c2ccc(C)cc2)oc2nc(CS(=O)(=O)NCCCCCCCCC(=O)O)c(C3CC3)cc12. The fourth-order valence-corrected chi connectivity index (χ4v) is 5.91. The standard InChI is InChI=1S/C29H37N3O6S/c1-19-10-12-21(13-11-19)27-26(28(35)30-2)23-17-22(20-14-15-20)24(32-29(23)38-27)18-39(36,37)31-16-8-6-4-3-5-7-9-25(33)34/h10-13,17,20,31H,3-9,14-16,18H2,1-2H3,(H,30,35)(H,33,34). The van der Waals surface area contributed by atoms with Crippen LogP contribution in [0, 0.1) is 6.92 Å². The number of rotatable bonds is 15. The first-order valence-electron chi connectivity index (χ1n) is 13.6. The molecule has 0 spiro atoms. The zero-order valence-electron chi connectivity index (χ0n) is 22.6. The monoisotopic (exact) mass is 555 g/mol. The fourth-order valence-electron chi connectivity index (χ4n) is 4.76. The largest absolute Gasteiger partial charge is 0.481 e. The number of carbonyl (C=O) groups excluding carboxylic acids is 1. The van der Waals surface area contributed by atoms with Gasteiger partial charge in [-0.15, -0.1) is 0 Å². The zero-order valence-corrected chi connectivity index (χ0v) is 23.4. The van der Waals surface area contributed by atoms with E-state index in [-0.39, 0.29) is 29.7 Å². The molecule has 1 fully saturated rings. The van der Waals surface area contributed by atoms with E-state index in [0.29, 0.717) is 41.8 Å². The van der Waals surface area contributed by atoms with Gasteiger partial charge in [-0.2, -0.15) is 0 Å². The summed E-state index contributed by atoms with van der Waals surface area (Å²) in [6, 6.07) is 9.57. The van der Waals surface area contributed by atoms with Crippen molar-refractivity contribution in [3.63, 3.8) is 0 Å². The lowest BCUT2D eigenvalue weighted by atomic mass is 10.0. The number of carbonyl (C=O) groups is 2. The van der Waals surface area contributed by atoms with E-state index in [2.05, 4.69) is 15.0 Å². The number of sulfonamides is 1. The Kier molecular flexibility index (Phi) is 9.40. The minimum absolute atomic E-state index is 0.195. The van der Waals surface area contributed by atoms with Gasteiger partial charge in [0.1, 0.15) is 11.5 Å². The zero-order chi connectivity index (χ0) is 28.0. The molecular weight excluding hydrogens is 518 g/mol. The second-order valence-electron chi connectivity index (χ2n) is 10.3. The number of furan rings is 1. The second kappa shape index (κ2) is 12.7. The number of aryl methyl sites for hydroxylation is 1. The molecule has 0 bridgehead atoms. The van der Waals surface area contributed by atoms with E-state index >= 15 is 0 Å². The molecule has 9 nitrogen and oxygen atoms in total. The van der Waals surface area contributed by atoms with E-state index in [9.17, 15) is 18.0 Å². The Balaban J connectivity index is 1.48. The van der Waals surface area contributed by atoms with E-state index in [1.54, 1.807) is 7.05 Å². The van der Waals surface area contributed by atoms with Crippen molar-refractivity contribution in [3.05, 3.63) is 52.7 Å². The lowest BCUT2D eigenvalue weighted by molar-refractivity contribution is -0.137. The Morgan fingerprint density at radius 3 is 2.36 bits per heavy atom. The van der Waals surface area contributed by atoms with Crippen molar-refractivity contribution in [1.82, 2.24) is 15.0 Å². The number of benzene rings is 1. The molecule has 3 N–H and O–H groups in total. The summed E-state index contributed by atoms with van der Waals surface area (Å²) in [5, 5.41) is 12.0. The summed E-state index contributed by atoms with van der Waals surface area (Å²) in [6.45, 7) is 2.33. The molecule has 0 atom stereocenters. The number of pyridine rings is 1. The third-order valence-electron chi connectivity index (χ3n) is 7.05. The lowest BCUT2D eigenvalue weighted by Gasteiger charge is -2.10. The van der Waals surface area contributed by atoms with E-state index in [0.717, 1.165) is 55.2 Å². The van der Waals surface area contributed by atoms with Crippen LogP contribution in [0.1, 0.15) is 90.9 Å². The van der Waals surface area contributed by atoms with Crippen LogP contribution in [0.2, 0.25) is 0 Å². The highest BCUT2D eigenvalue weighted by molar-refractivity contribution is 7.88. The molecule has 4 rings (SSSR count). The average molecular weight is 556 g/mol. The van der Waals surface area contributed by atoms with Crippen LogP contribution >= 0.6 is 0 Å². The highest BCUT2D eigenvalue weighted by Crippen LogP contribution is 2.44. The fraction of sp³-hybridized carbons (Fsp3) is 0.483. The van der Waals surface area contributed by atoms with Crippen molar-refractivity contribution in [2.75, 3.05) is 13.6 Å². The molecule has 3 aromatic rings. The summed E-state index contributed by atoms with van der Waals surface area (Å²) in [4.78, 5) is 28.1. The van der Waals surface area contributed by atoms with Crippen molar-refractivity contribution >= 4 is 33.0 Å². The molecule has 1 aliphatic rings. The highest BCUT2D eigenvalue weighted by Gasteiger charge is 2.31. The number of carboxylic acids is 1. The van der Waals surface area contributed by atoms with Gasteiger partial charge < -0.3 is 14.8 Å². The molecule has 2 heterocycles. The average Bonchev–Trinajstić information content (AvgIpc) is 3.67. The molecule has 1 saturated carbocycles. The summed E-state index contributed by atoms with van der Waals surface area (Å²) in [7, 11) is -2.05. The van der Waals surface area contributed by atoms with Gasteiger partial charge in [0.25, 0.3) is 5.91 Å². The topological polar surface area (TPSA) is 139 Å². The van der Waals surface area contributed by atoms with Gasteiger partial charge in [-0.05, 0) is 50.2 Å². The normalized spacial score (nSPS) is 13.6. The predicted molar refractivity (Wildman–Crippen MR) is 150 cm³/mol. The number of unbranched alkanes of at least 4 members (excludes halogenated alkanes) is 5. The Bertz CT molecular complexity index is 1430. The molecule has 1 amide bonds. The predicted octanol–water partition coefficient (Wildman–Crippen LogP) is 5.27. The Morgan fingerprint density at radius 2 is 1.72 bits per heavy atom. The van der Waals surface area contributed by atoms with Crippen molar-refractivity contribution in [2.45, 2.75) is 76.4 Å². The van der Waals surface area contributed by atoms with E-state index in [1.165, 1.54) is 0 Å². The summed E-state index contributed by atoms with van der Waals surface area (Å²) in [6.07, 6.45) is 7.14. The van der Waals surface area contributed by atoms with E-state index in [1.807, 2.05) is 37.3 Å². The van der Waals surface area contributed by atoms with Crippen LogP contribution in [0.25, 0.3) is 22.4 Å². The van der Waals surface area contributed by atoms with Gasteiger partial charge in [0.05, 0.1) is 16.6 Å². The molecule has 1 aromatic carbocycles. The summed E-state index contributed by atoms with van der Waals surface area (Å²) in [5.41, 5.74) is 3.81. The Labute approximate surface area is 229 Å². The maximum Gasteiger partial charge on any atom is 0.303 e. The molecule has 210 valence electrons.